The van der Waals surface area contributed by atoms with Gasteiger partial charge >= 0.3 is 0 Å². The van der Waals surface area contributed by atoms with E-state index in [1.54, 1.807) is 0 Å². The zero-order chi connectivity index (χ0) is 15.2. The molecule has 0 aromatic carbocycles. The second-order valence-electron chi connectivity index (χ2n) is 8.89. The highest BCUT2D eigenvalue weighted by molar-refractivity contribution is 5.79. The Bertz CT molecular complexity index is 374. The molecule has 0 aromatic rings. The van der Waals surface area contributed by atoms with Gasteiger partial charge in [-0.2, -0.15) is 0 Å². The van der Waals surface area contributed by atoms with Gasteiger partial charge in [-0.15, -0.1) is 0 Å². The fourth-order valence-electron chi connectivity index (χ4n) is 5.67. The van der Waals surface area contributed by atoms with Gasteiger partial charge in [0, 0.05) is 12.5 Å². The Kier molecular flexibility index (Phi) is 4.06. The molecular weight excluding hydrogens is 262 g/mol. The fraction of sp³-hybridized carbons (Fsp3) is 0.944. The molecule has 4 aliphatic rings. The summed E-state index contributed by atoms with van der Waals surface area (Å²) in [6, 6.07) is 0. The highest BCUT2D eigenvalue weighted by Crippen LogP contribution is 2.56. The lowest BCUT2D eigenvalue weighted by Crippen LogP contribution is -2.52. The van der Waals surface area contributed by atoms with Gasteiger partial charge in [-0.3, -0.25) is 4.79 Å². The highest BCUT2D eigenvalue weighted by atomic mass is 16.3. The van der Waals surface area contributed by atoms with E-state index < -0.39 is 0 Å². The van der Waals surface area contributed by atoms with E-state index in [1.807, 2.05) is 6.92 Å². The van der Waals surface area contributed by atoms with Crippen LogP contribution in [0.1, 0.15) is 59.3 Å². The number of aliphatic hydroxyl groups excluding tert-OH is 1. The largest absolute Gasteiger partial charge is 0.393 e. The molecule has 4 bridgehead atoms. The minimum Gasteiger partial charge on any atom is -0.393 e. The first-order valence-electron chi connectivity index (χ1n) is 8.80. The van der Waals surface area contributed by atoms with Crippen molar-refractivity contribution in [3.05, 3.63) is 0 Å². The second kappa shape index (κ2) is 5.57. The lowest BCUT2D eigenvalue weighted by Gasteiger charge is -2.53. The van der Waals surface area contributed by atoms with Crippen LogP contribution in [0.2, 0.25) is 0 Å². The summed E-state index contributed by atoms with van der Waals surface area (Å²) < 4.78 is 0. The van der Waals surface area contributed by atoms with Crippen LogP contribution in [-0.4, -0.2) is 23.7 Å². The third kappa shape index (κ3) is 3.28. The Morgan fingerprint density at radius 3 is 2.14 bits per heavy atom. The van der Waals surface area contributed by atoms with Gasteiger partial charge in [-0.1, -0.05) is 13.8 Å². The molecule has 3 nitrogen and oxygen atoms in total. The first-order chi connectivity index (χ1) is 9.84. The molecule has 1 atom stereocenters. The van der Waals surface area contributed by atoms with Crippen LogP contribution in [0.4, 0.5) is 0 Å². The third-order valence-electron chi connectivity index (χ3n) is 6.12. The average Bonchev–Trinajstić information content (AvgIpc) is 2.33. The van der Waals surface area contributed by atoms with E-state index in [0.29, 0.717) is 24.3 Å². The summed E-state index contributed by atoms with van der Waals surface area (Å²) in [5.41, 5.74) is -0.0320. The van der Waals surface area contributed by atoms with Crippen molar-refractivity contribution in [2.24, 2.45) is 35.0 Å². The lowest BCUT2D eigenvalue weighted by atomic mass is 9.51. The first kappa shape index (κ1) is 15.3. The van der Waals surface area contributed by atoms with Crippen LogP contribution in [0, 0.1) is 35.0 Å². The van der Waals surface area contributed by atoms with Crippen LogP contribution in [-0.2, 0) is 4.79 Å². The zero-order valence-corrected chi connectivity index (χ0v) is 13.8. The summed E-state index contributed by atoms with van der Waals surface area (Å²) in [4.78, 5) is 12.7. The molecule has 4 fully saturated rings. The van der Waals surface area contributed by atoms with Crippen LogP contribution >= 0.6 is 0 Å². The molecular formula is C18H31NO2. The molecule has 2 N–H and O–H groups in total. The standard InChI is InChI=1S/C18H31NO2/c1-11(20)9-18(2,3)10-19-17(21)16-14-5-12-4-13(7-14)8-15(16)6-12/h11-16,20H,4-10H2,1-3H3,(H,19,21). The summed E-state index contributed by atoms with van der Waals surface area (Å²) in [5.74, 6) is 3.72. The average molecular weight is 293 g/mol. The monoisotopic (exact) mass is 293 g/mol. The number of hydrogen-bond acceptors (Lipinski definition) is 2. The van der Waals surface area contributed by atoms with Crippen LogP contribution in [0.15, 0.2) is 0 Å². The molecule has 4 aliphatic carbocycles. The number of hydrogen-bond donors (Lipinski definition) is 2. The van der Waals surface area contributed by atoms with E-state index in [1.165, 1.54) is 32.1 Å². The van der Waals surface area contributed by atoms with Crippen LogP contribution in [0.25, 0.3) is 0 Å². The molecule has 1 amide bonds. The number of rotatable bonds is 5. The number of amides is 1. The summed E-state index contributed by atoms with van der Waals surface area (Å²) in [6.07, 6.45) is 7.03. The predicted molar refractivity (Wildman–Crippen MR) is 83.6 cm³/mol. The third-order valence-corrected chi connectivity index (χ3v) is 6.12. The van der Waals surface area contributed by atoms with Gasteiger partial charge in [-0.25, -0.2) is 0 Å². The molecule has 0 spiro atoms. The van der Waals surface area contributed by atoms with E-state index in [0.717, 1.165) is 18.3 Å². The minimum absolute atomic E-state index is 0.0320. The molecule has 120 valence electrons. The van der Waals surface area contributed by atoms with Crippen molar-refractivity contribution in [1.29, 1.82) is 0 Å². The van der Waals surface area contributed by atoms with Crippen LogP contribution in [0.5, 0.6) is 0 Å². The molecule has 3 heteroatoms. The second-order valence-corrected chi connectivity index (χ2v) is 8.89. The van der Waals surface area contributed by atoms with Gasteiger partial charge in [0.15, 0.2) is 0 Å². The SMILES string of the molecule is CC(O)CC(C)(C)CNC(=O)C1C2CC3CC(C2)CC1C3. The van der Waals surface area contributed by atoms with Crippen LogP contribution in [0.3, 0.4) is 0 Å². The van der Waals surface area contributed by atoms with E-state index >= 15 is 0 Å². The van der Waals surface area contributed by atoms with Crippen molar-refractivity contribution in [3.63, 3.8) is 0 Å². The summed E-state index contributed by atoms with van der Waals surface area (Å²) >= 11 is 0. The Labute approximate surface area is 128 Å². The van der Waals surface area contributed by atoms with Crippen molar-refractivity contribution in [1.82, 2.24) is 5.32 Å². The quantitative estimate of drug-likeness (QED) is 0.818. The number of carbonyl (C=O) groups is 1. The molecule has 4 rings (SSSR count). The molecule has 0 aromatic heterocycles. The van der Waals surface area contributed by atoms with Gasteiger partial charge in [0.2, 0.25) is 5.91 Å². The van der Waals surface area contributed by atoms with Gasteiger partial charge in [0.1, 0.15) is 0 Å². The van der Waals surface area contributed by atoms with E-state index in [9.17, 15) is 9.90 Å². The summed E-state index contributed by atoms with van der Waals surface area (Å²) in [5, 5.41) is 12.8. The topological polar surface area (TPSA) is 49.3 Å². The lowest BCUT2D eigenvalue weighted by molar-refractivity contribution is -0.138. The first-order valence-corrected chi connectivity index (χ1v) is 8.80. The van der Waals surface area contributed by atoms with E-state index in [2.05, 4.69) is 19.2 Å². The Morgan fingerprint density at radius 2 is 1.67 bits per heavy atom. The van der Waals surface area contributed by atoms with Gasteiger partial charge in [0.05, 0.1) is 6.10 Å². The predicted octanol–water partition coefficient (Wildman–Crippen LogP) is 2.97. The van der Waals surface area contributed by atoms with E-state index in [-0.39, 0.29) is 17.4 Å². The molecule has 1 unspecified atom stereocenters. The number of carbonyl (C=O) groups excluding carboxylic acids is 1. The summed E-state index contributed by atoms with van der Waals surface area (Å²) in [7, 11) is 0. The Morgan fingerprint density at radius 1 is 1.14 bits per heavy atom. The van der Waals surface area contributed by atoms with Gasteiger partial charge in [-0.05, 0) is 74.5 Å². The fourth-order valence-corrected chi connectivity index (χ4v) is 5.67. The Hall–Kier alpha value is -0.570. The Balaban J connectivity index is 1.56. The molecule has 0 saturated heterocycles. The summed E-state index contributed by atoms with van der Waals surface area (Å²) in [6.45, 7) is 6.74. The van der Waals surface area contributed by atoms with Crippen molar-refractivity contribution in [3.8, 4) is 0 Å². The maximum atomic E-state index is 12.7. The van der Waals surface area contributed by atoms with Gasteiger partial charge < -0.3 is 10.4 Å². The molecule has 0 heterocycles. The molecule has 21 heavy (non-hydrogen) atoms. The highest BCUT2D eigenvalue weighted by Gasteiger charge is 2.50. The maximum absolute atomic E-state index is 12.7. The van der Waals surface area contributed by atoms with Crippen molar-refractivity contribution >= 4 is 5.91 Å². The van der Waals surface area contributed by atoms with Crippen molar-refractivity contribution in [2.45, 2.75) is 65.4 Å². The maximum Gasteiger partial charge on any atom is 0.223 e. The molecule has 0 aliphatic heterocycles. The molecule has 0 radical (unpaired) electrons. The minimum atomic E-state index is -0.307. The van der Waals surface area contributed by atoms with Crippen molar-refractivity contribution in [2.75, 3.05) is 6.54 Å². The van der Waals surface area contributed by atoms with Crippen LogP contribution < -0.4 is 5.32 Å². The zero-order valence-electron chi connectivity index (χ0n) is 13.8. The normalized spacial score (nSPS) is 39.3. The van der Waals surface area contributed by atoms with Gasteiger partial charge in [0.25, 0.3) is 0 Å². The number of aliphatic hydroxyl groups is 1. The van der Waals surface area contributed by atoms with E-state index in [4.69, 9.17) is 0 Å². The molecule has 4 saturated carbocycles. The number of nitrogens with one attached hydrogen (secondary N) is 1. The smallest absolute Gasteiger partial charge is 0.223 e. The van der Waals surface area contributed by atoms with Crippen molar-refractivity contribution < 1.29 is 9.90 Å².